The number of rotatable bonds is 5. The summed E-state index contributed by atoms with van der Waals surface area (Å²) < 4.78 is 7.34. The smallest absolute Gasteiger partial charge is 0.229 e. The lowest BCUT2D eigenvalue weighted by atomic mass is 10.2. The highest BCUT2D eigenvalue weighted by atomic mass is 16.5. The number of tetrazole rings is 1. The van der Waals surface area contributed by atoms with Gasteiger partial charge in [-0.2, -0.15) is 4.98 Å². The van der Waals surface area contributed by atoms with Gasteiger partial charge in [0.25, 0.3) is 0 Å². The highest BCUT2D eigenvalue weighted by molar-refractivity contribution is 5.01. The molecule has 2 fully saturated rings. The van der Waals surface area contributed by atoms with Gasteiger partial charge in [-0.1, -0.05) is 19.0 Å². The third-order valence-corrected chi connectivity index (χ3v) is 4.41. The van der Waals surface area contributed by atoms with E-state index < -0.39 is 0 Å². The molecule has 1 aliphatic heterocycles. The summed E-state index contributed by atoms with van der Waals surface area (Å²) in [5, 5.41) is 16.3. The zero-order chi connectivity index (χ0) is 15.1. The maximum absolute atomic E-state index is 5.36. The molecule has 1 saturated heterocycles. The molecule has 0 spiro atoms. The number of likely N-dealkylation sites (tertiary alicyclic amines) is 1. The Bertz CT molecular complexity index is 645. The van der Waals surface area contributed by atoms with Gasteiger partial charge in [-0.25, -0.2) is 4.68 Å². The molecule has 22 heavy (non-hydrogen) atoms. The van der Waals surface area contributed by atoms with Gasteiger partial charge in [-0.3, -0.25) is 4.90 Å². The first-order chi connectivity index (χ1) is 10.7. The second-order valence-corrected chi connectivity index (χ2v) is 6.54. The average molecular weight is 303 g/mol. The van der Waals surface area contributed by atoms with Crippen molar-refractivity contribution in [1.82, 2.24) is 35.2 Å². The van der Waals surface area contributed by atoms with Crippen molar-refractivity contribution in [2.75, 3.05) is 6.54 Å². The van der Waals surface area contributed by atoms with Crippen LogP contribution in [0, 0.1) is 0 Å². The van der Waals surface area contributed by atoms with Crippen LogP contribution in [0.5, 0.6) is 0 Å². The first-order valence-corrected chi connectivity index (χ1v) is 8.06. The molecule has 1 aliphatic carbocycles. The minimum absolute atomic E-state index is 0.209. The Morgan fingerprint density at radius 1 is 1.27 bits per heavy atom. The molecule has 1 saturated carbocycles. The Labute approximate surface area is 128 Å². The van der Waals surface area contributed by atoms with E-state index in [9.17, 15) is 0 Å². The van der Waals surface area contributed by atoms with E-state index in [-0.39, 0.29) is 12.0 Å². The number of nitrogens with zero attached hydrogens (tertiary/aromatic N) is 7. The molecule has 3 heterocycles. The van der Waals surface area contributed by atoms with Crippen molar-refractivity contribution in [1.29, 1.82) is 0 Å². The molecule has 1 unspecified atom stereocenters. The standard InChI is InChI=1S/C14H21N7O/c1-9(2)14-15-13(17-22-14)11-4-3-7-20(11)8-12-16-18-19-21(12)10-5-6-10/h9-11H,3-8H2,1-2H3. The summed E-state index contributed by atoms with van der Waals surface area (Å²) in [5.74, 6) is 2.72. The SMILES string of the molecule is CC(C)c1nc(C2CCCN2Cc2nnnn2C2CC2)no1. The van der Waals surface area contributed by atoms with E-state index >= 15 is 0 Å². The van der Waals surface area contributed by atoms with Gasteiger partial charge in [-0.05, 0) is 42.7 Å². The second-order valence-electron chi connectivity index (χ2n) is 6.54. The maximum Gasteiger partial charge on any atom is 0.229 e. The highest BCUT2D eigenvalue weighted by Gasteiger charge is 2.33. The van der Waals surface area contributed by atoms with Crippen LogP contribution in [0.1, 0.15) is 75.1 Å². The van der Waals surface area contributed by atoms with Crippen LogP contribution in [0.25, 0.3) is 0 Å². The van der Waals surface area contributed by atoms with Crippen LogP contribution >= 0.6 is 0 Å². The minimum atomic E-state index is 0.209. The molecular weight excluding hydrogens is 282 g/mol. The topological polar surface area (TPSA) is 85.8 Å². The zero-order valence-electron chi connectivity index (χ0n) is 13.0. The second kappa shape index (κ2) is 5.42. The van der Waals surface area contributed by atoms with Crippen molar-refractivity contribution >= 4 is 0 Å². The first-order valence-electron chi connectivity index (χ1n) is 8.06. The monoisotopic (exact) mass is 303 g/mol. The fraction of sp³-hybridized carbons (Fsp3) is 0.786. The zero-order valence-corrected chi connectivity index (χ0v) is 13.0. The largest absolute Gasteiger partial charge is 0.339 e. The van der Waals surface area contributed by atoms with Crippen LogP contribution < -0.4 is 0 Å². The Hall–Kier alpha value is -1.83. The maximum atomic E-state index is 5.36. The predicted molar refractivity (Wildman–Crippen MR) is 76.9 cm³/mol. The van der Waals surface area contributed by atoms with Crippen molar-refractivity contribution in [3.8, 4) is 0 Å². The normalized spacial score (nSPS) is 22.8. The van der Waals surface area contributed by atoms with Crippen molar-refractivity contribution in [3.63, 3.8) is 0 Å². The van der Waals surface area contributed by atoms with E-state index in [1.165, 1.54) is 12.8 Å². The molecule has 0 amide bonds. The number of aromatic nitrogens is 6. The molecule has 8 heteroatoms. The Kier molecular flexibility index (Phi) is 3.40. The molecule has 118 valence electrons. The molecule has 2 aliphatic rings. The van der Waals surface area contributed by atoms with Gasteiger partial charge in [0.2, 0.25) is 5.89 Å². The Balaban J connectivity index is 1.51. The lowest BCUT2D eigenvalue weighted by molar-refractivity contribution is 0.224. The van der Waals surface area contributed by atoms with Crippen LogP contribution in [0.3, 0.4) is 0 Å². The van der Waals surface area contributed by atoms with E-state index in [4.69, 9.17) is 4.52 Å². The Morgan fingerprint density at radius 2 is 2.14 bits per heavy atom. The lowest BCUT2D eigenvalue weighted by Crippen LogP contribution is -2.25. The first kappa shape index (κ1) is 13.8. The van der Waals surface area contributed by atoms with Crippen LogP contribution in [0.4, 0.5) is 0 Å². The molecule has 8 nitrogen and oxygen atoms in total. The van der Waals surface area contributed by atoms with Gasteiger partial charge < -0.3 is 4.52 Å². The van der Waals surface area contributed by atoms with E-state index in [1.54, 1.807) is 0 Å². The van der Waals surface area contributed by atoms with Crippen molar-refractivity contribution in [2.24, 2.45) is 0 Å². The van der Waals surface area contributed by atoms with Gasteiger partial charge in [-0.15, -0.1) is 5.10 Å². The van der Waals surface area contributed by atoms with Gasteiger partial charge in [0.1, 0.15) is 0 Å². The van der Waals surface area contributed by atoms with E-state index in [0.717, 1.165) is 37.6 Å². The van der Waals surface area contributed by atoms with Crippen molar-refractivity contribution < 1.29 is 4.52 Å². The van der Waals surface area contributed by atoms with Gasteiger partial charge in [0.15, 0.2) is 11.6 Å². The fourth-order valence-corrected chi connectivity index (χ4v) is 3.03. The lowest BCUT2D eigenvalue weighted by Gasteiger charge is -2.20. The van der Waals surface area contributed by atoms with Gasteiger partial charge >= 0.3 is 0 Å². The molecule has 0 bridgehead atoms. The molecule has 2 aromatic rings. The van der Waals surface area contributed by atoms with Crippen molar-refractivity contribution in [2.45, 2.75) is 64.1 Å². The summed E-state index contributed by atoms with van der Waals surface area (Å²) in [6.45, 7) is 5.90. The van der Waals surface area contributed by atoms with Crippen LogP contribution in [-0.2, 0) is 6.54 Å². The van der Waals surface area contributed by atoms with Crippen LogP contribution in [0.2, 0.25) is 0 Å². The summed E-state index contributed by atoms with van der Waals surface area (Å²) in [6.07, 6.45) is 4.57. The molecule has 2 aromatic heterocycles. The molecule has 1 atom stereocenters. The quantitative estimate of drug-likeness (QED) is 0.833. The molecule has 0 aromatic carbocycles. The highest BCUT2D eigenvalue weighted by Crippen LogP contribution is 2.36. The summed E-state index contributed by atoms with van der Waals surface area (Å²) in [7, 11) is 0. The predicted octanol–water partition coefficient (Wildman–Crippen LogP) is 1.85. The van der Waals surface area contributed by atoms with E-state index in [2.05, 4.69) is 44.4 Å². The van der Waals surface area contributed by atoms with Crippen molar-refractivity contribution in [3.05, 3.63) is 17.5 Å². The van der Waals surface area contributed by atoms with Crippen LogP contribution in [-0.4, -0.2) is 41.8 Å². The van der Waals surface area contributed by atoms with Crippen LogP contribution in [0.15, 0.2) is 4.52 Å². The summed E-state index contributed by atoms with van der Waals surface area (Å²) in [4.78, 5) is 6.92. The third-order valence-electron chi connectivity index (χ3n) is 4.41. The molecule has 0 radical (unpaired) electrons. The third kappa shape index (κ3) is 2.51. The number of hydrogen-bond donors (Lipinski definition) is 0. The summed E-state index contributed by atoms with van der Waals surface area (Å²) in [5.41, 5.74) is 0. The Morgan fingerprint density at radius 3 is 2.86 bits per heavy atom. The fourth-order valence-electron chi connectivity index (χ4n) is 3.03. The molecule has 4 rings (SSSR count). The minimum Gasteiger partial charge on any atom is -0.339 e. The average Bonchev–Trinajstić information content (AvgIpc) is 2.95. The summed E-state index contributed by atoms with van der Waals surface area (Å²) in [6, 6.07) is 0.712. The molecule has 0 N–H and O–H groups in total. The number of hydrogen-bond acceptors (Lipinski definition) is 7. The van der Waals surface area contributed by atoms with E-state index in [0.29, 0.717) is 11.9 Å². The van der Waals surface area contributed by atoms with Gasteiger partial charge in [0, 0.05) is 5.92 Å². The van der Waals surface area contributed by atoms with Gasteiger partial charge in [0.05, 0.1) is 18.6 Å². The molecular formula is C14H21N7O. The van der Waals surface area contributed by atoms with E-state index in [1.807, 2.05) is 4.68 Å². The summed E-state index contributed by atoms with van der Waals surface area (Å²) >= 11 is 0.